The van der Waals surface area contributed by atoms with E-state index in [1.54, 1.807) is 7.11 Å². The molecule has 3 nitrogen and oxygen atoms in total. The van der Waals surface area contributed by atoms with Crippen LogP contribution in [0.15, 0.2) is 24.3 Å². The summed E-state index contributed by atoms with van der Waals surface area (Å²) in [5, 5.41) is 13.4. The van der Waals surface area contributed by atoms with Crippen LogP contribution in [0.2, 0.25) is 5.02 Å². The Balaban J connectivity index is 2.17. The second kappa shape index (κ2) is 4.95. The van der Waals surface area contributed by atoms with Crippen molar-refractivity contribution in [3.05, 3.63) is 29.3 Å². The van der Waals surface area contributed by atoms with Crippen molar-refractivity contribution in [2.75, 3.05) is 19.0 Å². The first kappa shape index (κ1) is 12.2. The molecular weight excluding hydrogens is 236 g/mol. The van der Waals surface area contributed by atoms with Crippen molar-refractivity contribution in [1.82, 2.24) is 0 Å². The van der Waals surface area contributed by atoms with E-state index < -0.39 is 5.54 Å². The molecule has 90 valence electrons. The van der Waals surface area contributed by atoms with Gasteiger partial charge in [0.25, 0.3) is 0 Å². The van der Waals surface area contributed by atoms with Gasteiger partial charge in [-0.3, -0.25) is 0 Å². The lowest BCUT2D eigenvalue weighted by Gasteiger charge is -2.28. The van der Waals surface area contributed by atoms with E-state index in [1.165, 1.54) is 0 Å². The van der Waals surface area contributed by atoms with Gasteiger partial charge in [0, 0.05) is 17.8 Å². The lowest BCUT2D eigenvalue weighted by Crippen LogP contribution is -2.43. The highest BCUT2D eigenvalue weighted by molar-refractivity contribution is 6.30. The van der Waals surface area contributed by atoms with Gasteiger partial charge in [-0.1, -0.05) is 11.6 Å². The standard InChI is InChI=1S/C13H15ClN2O/c1-17-9-13(8-15,10-2-3-10)16-12-6-4-11(14)5-7-12/h4-7,10,16H,2-3,9H2,1H3. The van der Waals surface area contributed by atoms with Gasteiger partial charge in [-0.05, 0) is 43.0 Å². The van der Waals surface area contributed by atoms with Gasteiger partial charge in [0.15, 0.2) is 5.54 Å². The number of hydrogen-bond acceptors (Lipinski definition) is 3. The molecule has 0 amide bonds. The third-order valence-corrected chi connectivity index (χ3v) is 3.31. The lowest BCUT2D eigenvalue weighted by atomic mass is 9.95. The predicted molar refractivity (Wildman–Crippen MR) is 68.0 cm³/mol. The Labute approximate surface area is 106 Å². The molecular formula is C13H15ClN2O. The highest BCUT2D eigenvalue weighted by atomic mass is 35.5. The van der Waals surface area contributed by atoms with Crippen molar-refractivity contribution in [2.24, 2.45) is 5.92 Å². The Morgan fingerprint density at radius 1 is 1.47 bits per heavy atom. The molecule has 1 aromatic rings. The number of methoxy groups -OCH3 is 1. The molecule has 1 N–H and O–H groups in total. The van der Waals surface area contributed by atoms with Crippen LogP contribution in [0, 0.1) is 17.2 Å². The van der Waals surface area contributed by atoms with Crippen molar-refractivity contribution in [2.45, 2.75) is 18.4 Å². The maximum Gasteiger partial charge on any atom is 0.151 e. The van der Waals surface area contributed by atoms with Crippen LogP contribution in [-0.4, -0.2) is 19.3 Å². The van der Waals surface area contributed by atoms with Gasteiger partial charge in [0.2, 0.25) is 0 Å². The van der Waals surface area contributed by atoms with Crippen LogP contribution in [0.5, 0.6) is 0 Å². The summed E-state index contributed by atoms with van der Waals surface area (Å²) >= 11 is 5.84. The smallest absolute Gasteiger partial charge is 0.151 e. The maximum absolute atomic E-state index is 9.42. The van der Waals surface area contributed by atoms with Crippen LogP contribution in [0.4, 0.5) is 5.69 Å². The third-order valence-electron chi connectivity index (χ3n) is 3.06. The third kappa shape index (κ3) is 2.71. The summed E-state index contributed by atoms with van der Waals surface area (Å²) < 4.78 is 5.18. The Morgan fingerprint density at radius 2 is 2.12 bits per heavy atom. The lowest BCUT2D eigenvalue weighted by molar-refractivity contribution is 0.155. The molecule has 1 saturated carbocycles. The van der Waals surface area contributed by atoms with Crippen molar-refractivity contribution >= 4 is 17.3 Å². The second-order valence-corrected chi connectivity index (χ2v) is 4.86. The number of benzene rings is 1. The largest absolute Gasteiger partial charge is 0.381 e. The molecule has 0 bridgehead atoms. The van der Waals surface area contributed by atoms with Crippen molar-refractivity contribution in [3.63, 3.8) is 0 Å². The van der Waals surface area contributed by atoms with Gasteiger partial charge in [0.1, 0.15) is 0 Å². The summed E-state index contributed by atoms with van der Waals surface area (Å²) in [4.78, 5) is 0. The number of nitrogens with zero attached hydrogens (tertiary/aromatic N) is 1. The topological polar surface area (TPSA) is 45.0 Å². The predicted octanol–water partition coefficient (Wildman–Crippen LogP) is 3.07. The Hall–Kier alpha value is -1.24. The normalized spacial score (nSPS) is 18.2. The monoisotopic (exact) mass is 250 g/mol. The van der Waals surface area contributed by atoms with Crippen molar-refractivity contribution in [1.29, 1.82) is 5.26 Å². The Morgan fingerprint density at radius 3 is 2.59 bits per heavy atom. The molecule has 0 spiro atoms. The van der Waals surface area contributed by atoms with E-state index in [-0.39, 0.29) is 0 Å². The fourth-order valence-corrected chi connectivity index (χ4v) is 2.13. The number of halogens is 1. The zero-order valence-corrected chi connectivity index (χ0v) is 10.5. The molecule has 0 heterocycles. The van der Waals surface area contributed by atoms with Gasteiger partial charge in [-0.25, -0.2) is 0 Å². The molecule has 1 atom stereocenters. The first-order chi connectivity index (χ1) is 8.20. The van der Waals surface area contributed by atoms with Crippen LogP contribution in [-0.2, 0) is 4.74 Å². The fourth-order valence-electron chi connectivity index (χ4n) is 2.00. The summed E-state index contributed by atoms with van der Waals surface area (Å²) in [5.74, 6) is 0.378. The second-order valence-electron chi connectivity index (χ2n) is 4.42. The van der Waals surface area contributed by atoms with Crippen LogP contribution in [0.25, 0.3) is 0 Å². The number of nitrogens with one attached hydrogen (secondary N) is 1. The molecule has 0 saturated heterocycles. The molecule has 0 aliphatic heterocycles. The van der Waals surface area contributed by atoms with Gasteiger partial charge < -0.3 is 10.1 Å². The number of anilines is 1. The summed E-state index contributed by atoms with van der Waals surface area (Å²) in [5.41, 5.74) is 0.294. The van der Waals surface area contributed by atoms with E-state index in [2.05, 4.69) is 11.4 Å². The Bertz CT molecular complexity index is 422. The molecule has 0 radical (unpaired) electrons. The average molecular weight is 251 g/mol. The molecule has 0 aromatic heterocycles. The quantitative estimate of drug-likeness (QED) is 0.874. The minimum atomic E-state index is -0.609. The zero-order chi connectivity index (χ0) is 12.3. The van der Waals surface area contributed by atoms with Crippen LogP contribution in [0.3, 0.4) is 0 Å². The number of nitriles is 1. The van der Waals surface area contributed by atoms with Gasteiger partial charge in [-0.15, -0.1) is 0 Å². The fraction of sp³-hybridized carbons (Fsp3) is 0.462. The van der Waals surface area contributed by atoms with Gasteiger partial charge >= 0.3 is 0 Å². The molecule has 4 heteroatoms. The highest BCUT2D eigenvalue weighted by Gasteiger charge is 2.46. The SMILES string of the molecule is COCC(C#N)(Nc1ccc(Cl)cc1)C1CC1. The van der Waals surface area contributed by atoms with Crippen LogP contribution in [0.1, 0.15) is 12.8 Å². The van der Waals surface area contributed by atoms with E-state index >= 15 is 0 Å². The molecule has 1 unspecified atom stereocenters. The minimum absolute atomic E-state index is 0.378. The number of hydrogen-bond donors (Lipinski definition) is 1. The molecule has 1 aliphatic carbocycles. The number of ether oxygens (including phenoxy) is 1. The molecule has 1 fully saturated rings. The van der Waals surface area contributed by atoms with Crippen LogP contribution >= 0.6 is 11.6 Å². The van der Waals surface area contributed by atoms with Gasteiger partial charge in [0.05, 0.1) is 12.7 Å². The molecule has 17 heavy (non-hydrogen) atoms. The van der Waals surface area contributed by atoms with E-state index in [0.717, 1.165) is 18.5 Å². The molecule has 2 rings (SSSR count). The van der Waals surface area contributed by atoms with E-state index in [4.69, 9.17) is 16.3 Å². The maximum atomic E-state index is 9.42. The van der Waals surface area contributed by atoms with Crippen LogP contribution < -0.4 is 5.32 Å². The summed E-state index contributed by atoms with van der Waals surface area (Å²) in [7, 11) is 1.62. The Kier molecular flexibility index (Phi) is 3.56. The summed E-state index contributed by atoms with van der Waals surface area (Å²) in [6, 6.07) is 9.76. The first-order valence-electron chi connectivity index (χ1n) is 5.64. The highest BCUT2D eigenvalue weighted by Crippen LogP contribution is 2.41. The minimum Gasteiger partial charge on any atom is -0.381 e. The van der Waals surface area contributed by atoms with Crippen molar-refractivity contribution < 1.29 is 4.74 Å². The number of rotatable bonds is 5. The molecule has 1 aromatic carbocycles. The van der Waals surface area contributed by atoms with E-state index in [9.17, 15) is 5.26 Å². The van der Waals surface area contributed by atoms with Gasteiger partial charge in [-0.2, -0.15) is 5.26 Å². The first-order valence-corrected chi connectivity index (χ1v) is 6.02. The summed E-state index contributed by atoms with van der Waals surface area (Å²) in [6.45, 7) is 0.400. The molecule has 1 aliphatic rings. The zero-order valence-electron chi connectivity index (χ0n) is 9.74. The van der Waals surface area contributed by atoms with E-state index in [0.29, 0.717) is 17.5 Å². The average Bonchev–Trinajstić information content (AvgIpc) is 3.16. The summed E-state index contributed by atoms with van der Waals surface area (Å²) in [6.07, 6.45) is 2.16. The van der Waals surface area contributed by atoms with Crippen molar-refractivity contribution in [3.8, 4) is 6.07 Å². The van der Waals surface area contributed by atoms with E-state index in [1.807, 2.05) is 24.3 Å².